The molecule has 0 bridgehead atoms. The van der Waals surface area contributed by atoms with E-state index in [0.29, 0.717) is 13.1 Å². The van der Waals surface area contributed by atoms with Gasteiger partial charge in [0.1, 0.15) is 6.04 Å². The number of benzene rings is 1. The van der Waals surface area contributed by atoms with E-state index in [1.165, 1.54) is 17.5 Å². The lowest BCUT2D eigenvalue weighted by atomic mass is 10.0. The lowest BCUT2D eigenvalue weighted by Crippen LogP contribution is -2.53. The van der Waals surface area contributed by atoms with Crippen molar-refractivity contribution in [3.8, 4) is 0 Å². The molecular weight excluding hydrogens is 276 g/mol. The molecule has 21 heavy (non-hydrogen) atoms. The zero-order chi connectivity index (χ0) is 15.0. The Hall–Kier alpha value is -1.69. The highest BCUT2D eigenvalue weighted by Crippen LogP contribution is 2.27. The van der Waals surface area contributed by atoms with Crippen LogP contribution in [0.5, 0.6) is 0 Å². The van der Waals surface area contributed by atoms with Gasteiger partial charge in [-0.05, 0) is 17.5 Å². The number of fused-ring (bicyclic) bond motifs is 1. The van der Waals surface area contributed by atoms with Crippen LogP contribution in [-0.2, 0) is 13.0 Å². The fraction of sp³-hybridized carbons (Fsp3) is 0.533. The van der Waals surface area contributed by atoms with Crippen molar-refractivity contribution >= 4 is 6.03 Å². The zero-order valence-corrected chi connectivity index (χ0v) is 12.0. The first-order valence-electron chi connectivity index (χ1n) is 7.16. The summed E-state index contributed by atoms with van der Waals surface area (Å²) in [6, 6.07) is 6.56. The number of alkyl halides is 2. The zero-order valence-electron chi connectivity index (χ0n) is 12.0. The van der Waals surface area contributed by atoms with Crippen LogP contribution in [0.25, 0.3) is 0 Å². The Labute approximate surface area is 122 Å². The van der Waals surface area contributed by atoms with E-state index >= 15 is 0 Å². The van der Waals surface area contributed by atoms with E-state index < -0.39 is 12.0 Å². The summed E-state index contributed by atoms with van der Waals surface area (Å²) in [7, 11) is 1.47. The van der Waals surface area contributed by atoms with Gasteiger partial charge in [-0.3, -0.25) is 0 Å². The van der Waals surface area contributed by atoms with Crippen molar-refractivity contribution < 1.29 is 13.6 Å². The first kappa shape index (κ1) is 14.3. The van der Waals surface area contributed by atoms with Gasteiger partial charge in [0.2, 0.25) is 0 Å². The average molecular weight is 295 g/mol. The number of carbonyl (C=O) groups excluding carboxylic acids is 1. The van der Waals surface area contributed by atoms with Crippen LogP contribution < -0.4 is 5.32 Å². The minimum Gasteiger partial charge on any atom is -0.320 e. The maximum absolute atomic E-state index is 13.8. The highest BCUT2D eigenvalue weighted by molar-refractivity contribution is 5.75. The van der Waals surface area contributed by atoms with E-state index in [2.05, 4.69) is 11.4 Å². The fourth-order valence-corrected chi connectivity index (χ4v) is 3.08. The number of urea groups is 1. The summed E-state index contributed by atoms with van der Waals surface area (Å²) in [4.78, 5) is 15.3. The van der Waals surface area contributed by atoms with E-state index in [9.17, 15) is 13.6 Å². The van der Waals surface area contributed by atoms with E-state index in [0.717, 1.165) is 12.0 Å². The van der Waals surface area contributed by atoms with Gasteiger partial charge in [-0.15, -0.1) is 0 Å². The maximum atomic E-state index is 13.8. The lowest BCUT2D eigenvalue weighted by molar-refractivity contribution is -0.0338. The number of nitrogens with zero attached hydrogens (tertiary/aromatic N) is 2. The summed E-state index contributed by atoms with van der Waals surface area (Å²) in [6.45, 7) is 0.842. The van der Waals surface area contributed by atoms with Crippen LogP contribution >= 0.6 is 0 Å². The first-order chi connectivity index (χ1) is 9.99. The van der Waals surface area contributed by atoms with Crippen molar-refractivity contribution in [3.05, 3.63) is 35.4 Å². The minimum atomic E-state index is -2.86. The predicted molar refractivity (Wildman–Crippen MR) is 75.3 cm³/mol. The molecule has 2 aliphatic rings. The molecule has 114 valence electrons. The van der Waals surface area contributed by atoms with Crippen LogP contribution in [0.1, 0.15) is 11.1 Å². The summed E-state index contributed by atoms with van der Waals surface area (Å²) in [5.41, 5.74) is 2.33. The molecule has 0 spiro atoms. The molecule has 1 aromatic rings. The Bertz CT molecular complexity index is 549. The standard InChI is InChI=1S/C15H19F2N3O/c1-19(13-8-18-10-15(13,16)17)14(21)20-7-6-11-4-2-3-5-12(11)9-20/h2-5,13,18H,6-10H2,1H3. The predicted octanol–water partition coefficient (Wildman–Crippen LogP) is 1.70. The normalized spacial score (nSPS) is 23.8. The molecule has 6 heteroatoms. The largest absolute Gasteiger partial charge is 0.320 e. The third-order valence-corrected chi connectivity index (χ3v) is 4.36. The van der Waals surface area contributed by atoms with E-state index in [1.54, 1.807) is 4.90 Å². The van der Waals surface area contributed by atoms with Crippen molar-refractivity contribution in [2.75, 3.05) is 26.7 Å². The fourth-order valence-electron chi connectivity index (χ4n) is 3.08. The Morgan fingerprint density at radius 3 is 2.76 bits per heavy atom. The van der Waals surface area contributed by atoms with Crippen molar-refractivity contribution in [1.29, 1.82) is 0 Å². The molecule has 1 unspecified atom stereocenters. The number of carbonyl (C=O) groups is 1. The Balaban J connectivity index is 1.72. The Morgan fingerprint density at radius 2 is 2.10 bits per heavy atom. The Kier molecular flexibility index (Phi) is 3.57. The molecule has 0 aliphatic carbocycles. The topological polar surface area (TPSA) is 35.6 Å². The number of hydrogen-bond acceptors (Lipinski definition) is 2. The number of hydrogen-bond donors (Lipinski definition) is 1. The number of rotatable bonds is 1. The molecule has 4 nitrogen and oxygen atoms in total. The molecule has 2 heterocycles. The molecule has 0 radical (unpaired) electrons. The lowest BCUT2D eigenvalue weighted by Gasteiger charge is -2.36. The first-order valence-corrected chi connectivity index (χ1v) is 7.16. The quantitative estimate of drug-likeness (QED) is 0.856. The number of halogens is 2. The van der Waals surface area contributed by atoms with Crippen LogP contribution in [0.4, 0.5) is 13.6 Å². The van der Waals surface area contributed by atoms with Gasteiger partial charge in [-0.25, -0.2) is 13.6 Å². The molecule has 3 rings (SSSR count). The molecule has 1 N–H and O–H groups in total. The summed E-state index contributed by atoms with van der Waals surface area (Å²) >= 11 is 0. The van der Waals surface area contributed by atoms with Crippen LogP contribution in [0, 0.1) is 0 Å². The van der Waals surface area contributed by atoms with Crippen molar-refractivity contribution in [2.24, 2.45) is 0 Å². The highest BCUT2D eigenvalue weighted by atomic mass is 19.3. The summed E-state index contributed by atoms with van der Waals surface area (Å²) < 4.78 is 27.5. The van der Waals surface area contributed by atoms with Crippen molar-refractivity contribution in [3.63, 3.8) is 0 Å². The molecular formula is C15H19F2N3O. The monoisotopic (exact) mass is 295 g/mol. The molecule has 0 saturated carbocycles. The van der Waals surface area contributed by atoms with Gasteiger partial charge >= 0.3 is 6.03 Å². The molecule has 0 aromatic heterocycles. The summed E-state index contributed by atoms with van der Waals surface area (Å²) in [5, 5.41) is 2.65. The number of nitrogens with one attached hydrogen (secondary N) is 1. The van der Waals surface area contributed by atoms with Gasteiger partial charge in [0.15, 0.2) is 0 Å². The summed E-state index contributed by atoms with van der Waals surface area (Å²) in [6.07, 6.45) is 0.773. The van der Waals surface area contributed by atoms with Crippen molar-refractivity contribution in [2.45, 2.75) is 24.9 Å². The average Bonchev–Trinajstić information content (AvgIpc) is 2.84. The summed E-state index contributed by atoms with van der Waals surface area (Å²) in [5.74, 6) is -2.86. The van der Waals surface area contributed by atoms with Crippen LogP contribution in [0.2, 0.25) is 0 Å². The second kappa shape index (κ2) is 5.26. The van der Waals surface area contributed by atoms with Gasteiger partial charge in [0.05, 0.1) is 6.54 Å². The van der Waals surface area contributed by atoms with Gasteiger partial charge in [0, 0.05) is 26.7 Å². The van der Waals surface area contributed by atoms with Crippen molar-refractivity contribution in [1.82, 2.24) is 15.1 Å². The maximum Gasteiger partial charge on any atom is 0.320 e. The molecule has 1 atom stereocenters. The number of likely N-dealkylation sites (N-methyl/N-ethyl adjacent to an activating group) is 1. The van der Waals surface area contributed by atoms with Gasteiger partial charge < -0.3 is 15.1 Å². The van der Waals surface area contributed by atoms with Gasteiger partial charge in [-0.2, -0.15) is 0 Å². The SMILES string of the molecule is CN(C(=O)N1CCc2ccccc2C1)C1CNCC1(F)F. The third-order valence-electron chi connectivity index (χ3n) is 4.36. The van der Waals surface area contributed by atoms with Crippen LogP contribution in [-0.4, -0.2) is 54.5 Å². The van der Waals surface area contributed by atoms with Crippen LogP contribution in [0.15, 0.2) is 24.3 Å². The van der Waals surface area contributed by atoms with Gasteiger partial charge in [0.25, 0.3) is 5.92 Å². The minimum absolute atomic E-state index is 0.139. The highest BCUT2D eigenvalue weighted by Gasteiger charge is 2.48. The van der Waals surface area contributed by atoms with Gasteiger partial charge in [-0.1, -0.05) is 24.3 Å². The smallest absolute Gasteiger partial charge is 0.320 e. The second-order valence-corrected chi connectivity index (χ2v) is 5.74. The van der Waals surface area contributed by atoms with E-state index in [-0.39, 0.29) is 19.1 Å². The molecule has 1 aromatic carbocycles. The molecule has 1 fully saturated rings. The van der Waals surface area contributed by atoms with Crippen LogP contribution in [0.3, 0.4) is 0 Å². The number of amides is 2. The second-order valence-electron chi connectivity index (χ2n) is 5.74. The third kappa shape index (κ3) is 2.60. The van der Waals surface area contributed by atoms with E-state index in [1.807, 2.05) is 18.2 Å². The molecule has 1 saturated heterocycles. The van der Waals surface area contributed by atoms with E-state index in [4.69, 9.17) is 0 Å². The molecule has 2 aliphatic heterocycles. The Morgan fingerprint density at radius 1 is 1.38 bits per heavy atom. The molecule has 2 amide bonds.